The Morgan fingerprint density at radius 1 is 0.941 bits per heavy atom. The zero-order valence-corrected chi connectivity index (χ0v) is 18.9. The molecule has 7 heteroatoms. The van der Waals surface area contributed by atoms with Gasteiger partial charge in [-0.25, -0.2) is 9.59 Å². The van der Waals surface area contributed by atoms with Crippen molar-refractivity contribution in [2.24, 2.45) is 0 Å². The summed E-state index contributed by atoms with van der Waals surface area (Å²) in [6, 6.07) is 26.3. The summed E-state index contributed by atoms with van der Waals surface area (Å²) in [5.41, 5.74) is 0.720. The summed E-state index contributed by atoms with van der Waals surface area (Å²) in [4.78, 5) is 24.7. The predicted octanol–water partition coefficient (Wildman–Crippen LogP) is 5.55. The van der Waals surface area contributed by atoms with Crippen LogP contribution in [0.5, 0.6) is 11.5 Å². The van der Waals surface area contributed by atoms with Gasteiger partial charge in [-0.05, 0) is 30.2 Å². The van der Waals surface area contributed by atoms with Gasteiger partial charge in [0.1, 0.15) is 16.4 Å². The van der Waals surface area contributed by atoms with Gasteiger partial charge in [0.2, 0.25) is 0 Å². The number of benzene rings is 3. The quantitative estimate of drug-likeness (QED) is 0.307. The lowest BCUT2D eigenvalue weighted by Crippen LogP contribution is -2.16. The molecule has 2 N–H and O–H groups in total. The van der Waals surface area contributed by atoms with Crippen molar-refractivity contribution in [2.75, 3.05) is 5.75 Å². The van der Waals surface area contributed by atoms with E-state index in [9.17, 15) is 19.8 Å². The number of aromatic carboxylic acids is 1. The molecule has 1 atom stereocenters. The number of aryl methyl sites for hydroxylation is 1. The monoisotopic (exact) mass is 474 g/mol. The second-order valence-corrected chi connectivity index (χ2v) is 8.54. The van der Waals surface area contributed by atoms with Gasteiger partial charge in [-0.2, -0.15) is 0 Å². The first-order valence-corrected chi connectivity index (χ1v) is 11.6. The van der Waals surface area contributed by atoms with Crippen LogP contribution in [-0.4, -0.2) is 21.9 Å². The lowest BCUT2D eigenvalue weighted by atomic mass is 10.00. The van der Waals surface area contributed by atoms with Crippen LogP contribution in [0.15, 0.2) is 105 Å². The Morgan fingerprint density at radius 3 is 2.26 bits per heavy atom. The minimum atomic E-state index is -1.14. The minimum Gasteiger partial charge on any atom is -0.506 e. The number of aromatic hydroxyl groups is 1. The molecule has 1 aromatic heterocycles. The number of carboxylic acids is 1. The van der Waals surface area contributed by atoms with Gasteiger partial charge >= 0.3 is 11.6 Å². The fourth-order valence-corrected chi connectivity index (χ4v) is 4.40. The molecule has 0 saturated carbocycles. The Balaban J connectivity index is 1.66. The summed E-state index contributed by atoms with van der Waals surface area (Å²) in [7, 11) is 0. The third kappa shape index (κ3) is 5.50. The maximum Gasteiger partial charge on any atom is 0.353 e. The van der Waals surface area contributed by atoms with E-state index in [4.69, 9.17) is 9.15 Å². The molecule has 34 heavy (non-hydrogen) atoms. The van der Waals surface area contributed by atoms with E-state index in [0.29, 0.717) is 17.1 Å². The van der Waals surface area contributed by atoms with Crippen LogP contribution in [0.3, 0.4) is 0 Å². The summed E-state index contributed by atoms with van der Waals surface area (Å²) in [6.07, 6.45) is -0.339. The number of carbonyl (C=O) groups is 1. The molecular weight excluding hydrogens is 452 g/mol. The average Bonchev–Trinajstić information content (AvgIpc) is 2.85. The third-order valence-corrected chi connectivity index (χ3v) is 6.19. The van der Waals surface area contributed by atoms with E-state index < -0.39 is 17.7 Å². The van der Waals surface area contributed by atoms with Crippen molar-refractivity contribution < 1.29 is 24.2 Å². The van der Waals surface area contributed by atoms with Gasteiger partial charge < -0.3 is 19.4 Å². The molecule has 172 valence electrons. The molecule has 4 rings (SSSR count). The van der Waals surface area contributed by atoms with Crippen LogP contribution in [-0.2, 0) is 6.42 Å². The number of thioether (sulfide) groups is 1. The molecule has 0 fully saturated rings. The Hall–Kier alpha value is -3.97. The highest BCUT2D eigenvalue weighted by Gasteiger charge is 2.26. The van der Waals surface area contributed by atoms with Gasteiger partial charge in [0.25, 0.3) is 0 Å². The van der Waals surface area contributed by atoms with Gasteiger partial charge in [0.15, 0.2) is 11.9 Å². The van der Waals surface area contributed by atoms with E-state index in [1.165, 1.54) is 23.9 Å². The van der Waals surface area contributed by atoms with E-state index in [0.717, 1.165) is 12.0 Å². The van der Waals surface area contributed by atoms with E-state index in [2.05, 4.69) is 0 Å². The van der Waals surface area contributed by atoms with Crippen molar-refractivity contribution in [1.82, 2.24) is 0 Å². The lowest BCUT2D eigenvalue weighted by molar-refractivity contribution is 0.0691. The molecule has 0 spiro atoms. The third-order valence-electron chi connectivity index (χ3n) is 5.12. The highest BCUT2D eigenvalue weighted by Crippen LogP contribution is 2.34. The lowest BCUT2D eigenvalue weighted by Gasteiger charge is -2.20. The zero-order valence-electron chi connectivity index (χ0n) is 18.1. The normalized spacial score (nSPS) is 11.6. The molecular formula is C27H22O6S. The molecule has 1 heterocycles. The Morgan fingerprint density at radius 2 is 1.59 bits per heavy atom. The largest absolute Gasteiger partial charge is 0.506 e. The highest BCUT2D eigenvalue weighted by atomic mass is 32.2. The fraction of sp³-hybridized carbons (Fsp3) is 0.111. The Kier molecular flexibility index (Phi) is 7.34. The Bertz CT molecular complexity index is 1320. The van der Waals surface area contributed by atoms with E-state index >= 15 is 0 Å². The molecule has 1 unspecified atom stereocenters. The molecule has 0 radical (unpaired) electrons. The minimum absolute atomic E-state index is 0.00637. The molecule has 0 aliphatic heterocycles. The average molecular weight is 475 g/mol. The first-order valence-electron chi connectivity index (χ1n) is 10.6. The standard InChI is InChI=1S/C27H22O6S/c28-22-17-23(33-27(31)25(22)34-16-15-18-9-3-1-4-10-18)24(32-19-11-5-2-6-12-19)20-13-7-8-14-21(20)26(29)30/h1-14,17,24,28H,15-16H2,(H,29,30). The summed E-state index contributed by atoms with van der Waals surface area (Å²) in [5, 5.41) is 20.3. The van der Waals surface area contributed by atoms with Gasteiger partial charge in [0, 0.05) is 17.4 Å². The second-order valence-electron chi connectivity index (χ2n) is 7.44. The van der Waals surface area contributed by atoms with Gasteiger partial charge in [-0.15, -0.1) is 11.8 Å². The van der Waals surface area contributed by atoms with Crippen molar-refractivity contribution >= 4 is 17.7 Å². The summed E-state index contributed by atoms with van der Waals surface area (Å²) >= 11 is 1.21. The molecule has 0 aliphatic carbocycles. The van der Waals surface area contributed by atoms with Crippen LogP contribution in [0, 0.1) is 0 Å². The van der Waals surface area contributed by atoms with E-state index in [1.807, 2.05) is 36.4 Å². The van der Waals surface area contributed by atoms with E-state index in [-0.39, 0.29) is 22.0 Å². The molecule has 4 aromatic rings. The topological polar surface area (TPSA) is 97.0 Å². The number of carboxylic acid groups (broad SMARTS) is 1. The summed E-state index contributed by atoms with van der Waals surface area (Å²) in [5.74, 6) is -0.340. The first kappa shape index (κ1) is 23.2. The van der Waals surface area contributed by atoms with Crippen LogP contribution in [0.2, 0.25) is 0 Å². The fourth-order valence-electron chi connectivity index (χ4n) is 3.50. The molecule has 0 saturated heterocycles. The summed E-state index contributed by atoms with van der Waals surface area (Å²) < 4.78 is 11.6. The van der Waals surface area contributed by atoms with Gasteiger partial charge in [0.05, 0.1) is 5.56 Å². The summed E-state index contributed by atoms with van der Waals surface area (Å²) in [6.45, 7) is 0. The number of rotatable bonds is 9. The van der Waals surface area contributed by atoms with Gasteiger partial charge in [-0.3, -0.25) is 0 Å². The molecule has 0 aliphatic rings. The predicted molar refractivity (Wildman–Crippen MR) is 130 cm³/mol. The molecule has 0 bridgehead atoms. The number of para-hydroxylation sites is 1. The number of hydrogen-bond acceptors (Lipinski definition) is 6. The maximum absolute atomic E-state index is 12.8. The van der Waals surface area contributed by atoms with Crippen molar-refractivity contribution in [3.63, 3.8) is 0 Å². The maximum atomic E-state index is 12.8. The van der Waals surface area contributed by atoms with Crippen molar-refractivity contribution in [3.8, 4) is 11.5 Å². The zero-order chi connectivity index (χ0) is 23.9. The second kappa shape index (κ2) is 10.8. The van der Waals surface area contributed by atoms with Crippen LogP contribution >= 0.6 is 11.8 Å². The molecule has 6 nitrogen and oxygen atoms in total. The Labute approximate surface area is 200 Å². The molecule has 0 amide bonds. The van der Waals surface area contributed by atoms with E-state index in [1.54, 1.807) is 42.5 Å². The van der Waals surface area contributed by atoms with Crippen LogP contribution in [0.1, 0.15) is 33.3 Å². The number of hydrogen-bond donors (Lipinski definition) is 2. The van der Waals surface area contributed by atoms with Gasteiger partial charge in [-0.1, -0.05) is 66.7 Å². The van der Waals surface area contributed by atoms with Crippen LogP contribution in [0.4, 0.5) is 0 Å². The van der Waals surface area contributed by atoms with Crippen molar-refractivity contribution in [3.05, 3.63) is 124 Å². The smallest absolute Gasteiger partial charge is 0.353 e. The highest BCUT2D eigenvalue weighted by molar-refractivity contribution is 7.99. The van der Waals surface area contributed by atoms with Crippen molar-refractivity contribution in [2.45, 2.75) is 17.4 Å². The van der Waals surface area contributed by atoms with Crippen LogP contribution in [0.25, 0.3) is 0 Å². The number of ether oxygens (including phenoxy) is 1. The van der Waals surface area contributed by atoms with Crippen LogP contribution < -0.4 is 10.4 Å². The van der Waals surface area contributed by atoms with Crippen molar-refractivity contribution in [1.29, 1.82) is 0 Å². The molecule has 3 aromatic carbocycles. The first-order chi connectivity index (χ1) is 16.5. The SMILES string of the molecule is O=C(O)c1ccccc1C(Oc1ccccc1)c1cc(O)c(SCCc2ccccc2)c(=O)o1.